The fourth-order valence-electron chi connectivity index (χ4n) is 2.64. The molecule has 0 spiro atoms. The van der Waals surface area contributed by atoms with Gasteiger partial charge in [-0.3, -0.25) is 4.68 Å². The minimum atomic E-state index is 0. The number of halogens is 1. The van der Waals surface area contributed by atoms with Gasteiger partial charge in [0.2, 0.25) is 0 Å². The minimum absolute atomic E-state index is 0. The Balaban J connectivity index is 0.00000220. The molecule has 0 bridgehead atoms. The third-order valence-corrected chi connectivity index (χ3v) is 4.22. The molecule has 2 heterocycles. The highest BCUT2D eigenvalue weighted by molar-refractivity contribution is 14.0. The average molecular weight is 405 g/mol. The van der Waals surface area contributed by atoms with E-state index in [1.165, 1.54) is 12.8 Å². The lowest BCUT2D eigenvalue weighted by Crippen LogP contribution is -2.41. The van der Waals surface area contributed by atoms with Crippen LogP contribution in [0.15, 0.2) is 17.4 Å². The summed E-state index contributed by atoms with van der Waals surface area (Å²) in [5.74, 6) is 1.04. The number of guanidine groups is 1. The summed E-state index contributed by atoms with van der Waals surface area (Å²) in [5.41, 5.74) is 1.59. The number of nitrogens with one attached hydrogen (secondary N) is 1. The summed E-state index contributed by atoms with van der Waals surface area (Å²) >= 11 is 0. The van der Waals surface area contributed by atoms with E-state index >= 15 is 0 Å². The predicted octanol–water partition coefficient (Wildman–Crippen LogP) is 2.63. The lowest BCUT2D eigenvalue weighted by Gasteiger charge is -2.25. The second-order valence-electron chi connectivity index (χ2n) is 6.03. The van der Waals surface area contributed by atoms with Crippen molar-refractivity contribution in [3.05, 3.63) is 18.0 Å². The van der Waals surface area contributed by atoms with Crippen molar-refractivity contribution in [3.8, 4) is 0 Å². The first-order valence-electron chi connectivity index (χ1n) is 7.57. The maximum Gasteiger partial charge on any atom is 0.194 e. The van der Waals surface area contributed by atoms with E-state index in [0.717, 1.165) is 31.2 Å². The lowest BCUT2D eigenvalue weighted by molar-refractivity contribution is 0.322. The molecule has 2 rings (SSSR count). The number of aliphatic imine (C=N–C) groups is 1. The summed E-state index contributed by atoms with van der Waals surface area (Å²) in [6, 6.07) is 0. The highest BCUT2D eigenvalue weighted by Crippen LogP contribution is 2.32. The largest absolute Gasteiger partial charge is 0.357 e. The molecule has 21 heavy (non-hydrogen) atoms. The fourth-order valence-corrected chi connectivity index (χ4v) is 2.64. The van der Waals surface area contributed by atoms with E-state index in [4.69, 9.17) is 4.99 Å². The molecular formula is C15H28IN5. The molecule has 1 aromatic heterocycles. The summed E-state index contributed by atoms with van der Waals surface area (Å²) in [6.45, 7) is 10.6. The van der Waals surface area contributed by atoms with Gasteiger partial charge in [0.15, 0.2) is 5.96 Å². The maximum absolute atomic E-state index is 4.76. The Morgan fingerprint density at radius 3 is 2.76 bits per heavy atom. The summed E-state index contributed by atoms with van der Waals surface area (Å²) in [5, 5.41) is 7.60. The minimum Gasteiger partial charge on any atom is -0.357 e. The summed E-state index contributed by atoms with van der Waals surface area (Å²) in [7, 11) is 1.94. The molecule has 0 aliphatic carbocycles. The van der Waals surface area contributed by atoms with Crippen molar-refractivity contribution in [2.45, 2.75) is 40.2 Å². The quantitative estimate of drug-likeness (QED) is 0.476. The van der Waals surface area contributed by atoms with Crippen LogP contribution in [-0.2, 0) is 13.6 Å². The van der Waals surface area contributed by atoms with Gasteiger partial charge in [0, 0.05) is 38.4 Å². The van der Waals surface area contributed by atoms with Crippen LogP contribution in [0.4, 0.5) is 0 Å². The molecule has 1 unspecified atom stereocenters. The molecule has 1 saturated heterocycles. The van der Waals surface area contributed by atoms with Gasteiger partial charge in [-0.15, -0.1) is 24.0 Å². The van der Waals surface area contributed by atoms with Crippen molar-refractivity contribution in [1.29, 1.82) is 0 Å². The smallest absolute Gasteiger partial charge is 0.194 e. The van der Waals surface area contributed by atoms with Crippen LogP contribution in [-0.4, -0.2) is 40.3 Å². The van der Waals surface area contributed by atoms with Gasteiger partial charge in [-0.2, -0.15) is 5.10 Å². The highest BCUT2D eigenvalue weighted by Gasteiger charge is 2.33. The van der Waals surface area contributed by atoms with Gasteiger partial charge in [-0.05, 0) is 25.2 Å². The Labute approximate surface area is 145 Å². The zero-order valence-corrected chi connectivity index (χ0v) is 15.9. The summed E-state index contributed by atoms with van der Waals surface area (Å²) in [6.07, 6.45) is 6.38. The van der Waals surface area contributed by atoms with Crippen molar-refractivity contribution in [3.63, 3.8) is 0 Å². The second kappa shape index (κ2) is 8.00. The zero-order valence-electron chi connectivity index (χ0n) is 13.6. The molecule has 6 heteroatoms. The van der Waals surface area contributed by atoms with Crippen LogP contribution in [0.2, 0.25) is 0 Å². The van der Waals surface area contributed by atoms with Gasteiger partial charge >= 0.3 is 0 Å². The normalized spacial score (nSPS) is 22.3. The lowest BCUT2D eigenvalue weighted by atomic mass is 9.87. The maximum atomic E-state index is 4.76. The van der Waals surface area contributed by atoms with E-state index < -0.39 is 0 Å². The molecule has 1 aliphatic heterocycles. The van der Waals surface area contributed by atoms with Crippen LogP contribution < -0.4 is 5.32 Å². The fraction of sp³-hybridized carbons (Fsp3) is 0.733. The van der Waals surface area contributed by atoms with E-state index in [0.29, 0.717) is 12.0 Å². The molecular weight excluding hydrogens is 377 g/mol. The topological polar surface area (TPSA) is 45.5 Å². The number of hydrogen-bond donors (Lipinski definition) is 1. The van der Waals surface area contributed by atoms with Crippen molar-refractivity contribution >= 4 is 29.9 Å². The molecule has 1 N–H and O–H groups in total. The predicted molar refractivity (Wildman–Crippen MR) is 98.0 cm³/mol. The molecule has 5 nitrogen and oxygen atoms in total. The van der Waals surface area contributed by atoms with Gasteiger partial charge < -0.3 is 10.2 Å². The molecule has 1 fully saturated rings. The second-order valence-corrected chi connectivity index (χ2v) is 6.03. The molecule has 1 aliphatic rings. The Morgan fingerprint density at radius 2 is 2.24 bits per heavy atom. The van der Waals surface area contributed by atoms with Crippen molar-refractivity contribution in [1.82, 2.24) is 20.0 Å². The zero-order chi connectivity index (χ0) is 14.6. The number of likely N-dealkylation sites (tertiary alicyclic amines) is 1. The van der Waals surface area contributed by atoms with E-state index in [1.54, 1.807) is 0 Å². The van der Waals surface area contributed by atoms with Crippen LogP contribution in [0.3, 0.4) is 0 Å². The first-order valence-corrected chi connectivity index (χ1v) is 7.57. The van der Waals surface area contributed by atoms with E-state index in [2.05, 4.69) is 36.1 Å². The van der Waals surface area contributed by atoms with E-state index in [-0.39, 0.29) is 24.0 Å². The SMILES string of the molecule is CCNC(=NCc1cnn(C)c1)N1CCC(C)(CC)C1.I. The van der Waals surface area contributed by atoms with Crippen LogP contribution in [0, 0.1) is 5.41 Å². The monoisotopic (exact) mass is 405 g/mol. The standard InChI is InChI=1S/C15H27N5.HI/c1-5-15(3)7-8-20(12-15)14(16-6-2)17-9-13-10-18-19(4)11-13;/h10-11H,5-9,12H2,1-4H3,(H,16,17);1H. The number of hydrogen-bond acceptors (Lipinski definition) is 2. The Hall–Kier alpha value is -0.790. The van der Waals surface area contributed by atoms with Crippen LogP contribution >= 0.6 is 24.0 Å². The van der Waals surface area contributed by atoms with E-state index in [1.807, 2.05) is 24.1 Å². The molecule has 1 atom stereocenters. The van der Waals surface area contributed by atoms with Crippen LogP contribution in [0.25, 0.3) is 0 Å². The molecule has 0 saturated carbocycles. The number of aryl methyl sites for hydroxylation is 1. The Kier molecular flexibility index (Phi) is 6.96. The van der Waals surface area contributed by atoms with Gasteiger partial charge in [0.25, 0.3) is 0 Å². The number of aromatic nitrogens is 2. The molecule has 0 radical (unpaired) electrons. The molecule has 0 amide bonds. The van der Waals surface area contributed by atoms with Crippen LogP contribution in [0.1, 0.15) is 39.2 Å². The Bertz CT molecular complexity index is 470. The summed E-state index contributed by atoms with van der Waals surface area (Å²) < 4.78 is 1.82. The van der Waals surface area contributed by atoms with Crippen molar-refractivity contribution in [2.24, 2.45) is 17.5 Å². The first-order chi connectivity index (χ1) is 9.56. The molecule has 1 aromatic rings. The number of rotatable bonds is 4. The van der Waals surface area contributed by atoms with Crippen LogP contribution in [0.5, 0.6) is 0 Å². The Morgan fingerprint density at radius 1 is 1.48 bits per heavy atom. The van der Waals surface area contributed by atoms with Gasteiger partial charge in [-0.25, -0.2) is 4.99 Å². The number of nitrogens with zero attached hydrogens (tertiary/aromatic N) is 4. The molecule has 120 valence electrons. The third-order valence-electron chi connectivity index (χ3n) is 4.22. The van der Waals surface area contributed by atoms with Crippen molar-refractivity contribution < 1.29 is 0 Å². The van der Waals surface area contributed by atoms with E-state index in [9.17, 15) is 0 Å². The third kappa shape index (κ3) is 4.86. The molecule has 0 aromatic carbocycles. The van der Waals surface area contributed by atoms with Gasteiger partial charge in [-0.1, -0.05) is 13.8 Å². The van der Waals surface area contributed by atoms with Gasteiger partial charge in [0.05, 0.1) is 12.7 Å². The average Bonchev–Trinajstić information content (AvgIpc) is 3.02. The first kappa shape index (κ1) is 18.3. The highest BCUT2D eigenvalue weighted by atomic mass is 127. The van der Waals surface area contributed by atoms with Gasteiger partial charge in [0.1, 0.15) is 0 Å². The summed E-state index contributed by atoms with van der Waals surface area (Å²) in [4.78, 5) is 7.15. The van der Waals surface area contributed by atoms with Crippen molar-refractivity contribution in [2.75, 3.05) is 19.6 Å².